The molecular formula is C35H33N5O. The molecule has 4 aromatic carbocycles. The van der Waals surface area contributed by atoms with E-state index in [9.17, 15) is 4.79 Å². The van der Waals surface area contributed by atoms with Crippen LogP contribution in [0, 0.1) is 0 Å². The van der Waals surface area contributed by atoms with Crippen molar-refractivity contribution in [1.29, 1.82) is 0 Å². The van der Waals surface area contributed by atoms with Crippen LogP contribution in [0.3, 0.4) is 0 Å². The van der Waals surface area contributed by atoms with Gasteiger partial charge in [0, 0.05) is 12.0 Å². The number of hydrogen-bond donors (Lipinski definition) is 0. The summed E-state index contributed by atoms with van der Waals surface area (Å²) in [4.78, 5) is 27.4. The lowest BCUT2D eigenvalue weighted by molar-refractivity contribution is 0.181. The molecule has 0 radical (unpaired) electrons. The minimum absolute atomic E-state index is 0.0491. The van der Waals surface area contributed by atoms with Gasteiger partial charge in [0.25, 0.3) is 5.56 Å². The summed E-state index contributed by atoms with van der Waals surface area (Å²) in [7, 11) is 0. The van der Waals surface area contributed by atoms with Crippen LogP contribution in [0.4, 0.5) is 0 Å². The maximum absolute atomic E-state index is 14.5. The number of aromatic nitrogens is 4. The van der Waals surface area contributed by atoms with Gasteiger partial charge in [-0.2, -0.15) is 0 Å². The van der Waals surface area contributed by atoms with Crippen molar-refractivity contribution in [3.8, 4) is 11.4 Å². The molecule has 1 saturated heterocycles. The SMILES string of the molecule is O=c1c2ccccc2nc(-c2ccccc2)n1C(Cc1ccccc1)c1nc2ccccc2n1CN1CCCCC1. The number of likely N-dealkylation sites (tertiary alicyclic amines) is 1. The molecule has 6 aromatic rings. The average Bonchev–Trinajstić information content (AvgIpc) is 3.39. The van der Waals surface area contributed by atoms with Crippen LogP contribution in [-0.2, 0) is 13.1 Å². The number of nitrogens with zero attached hydrogens (tertiary/aromatic N) is 5. The minimum atomic E-state index is -0.366. The van der Waals surface area contributed by atoms with Crippen LogP contribution in [0.5, 0.6) is 0 Å². The molecule has 1 unspecified atom stereocenters. The highest BCUT2D eigenvalue weighted by Crippen LogP contribution is 2.31. The van der Waals surface area contributed by atoms with Crippen LogP contribution in [0.1, 0.15) is 36.7 Å². The molecule has 1 fully saturated rings. The molecule has 0 amide bonds. The molecule has 6 heteroatoms. The molecule has 1 aliphatic heterocycles. The van der Waals surface area contributed by atoms with Crippen molar-refractivity contribution in [2.45, 2.75) is 38.4 Å². The number of fused-ring (bicyclic) bond motifs is 2. The first kappa shape index (κ1) is 25.4. The fourth-order valence-corrected chi connectivity index (χ4v) is 6.16. The molecule has 41 heavy (non-hydrogen) atoms. The van der Waals surface area contributed by atoms with Gasteiger partial charge in [0.2, 0.25) is 0 Å². The average molecular weight is 540 g/mol. The highest BCUT2D eigenvalue weighted by atomic mass is 16.1. The smallest absolute Gasteiger partial charge is 0.262 e. The molecule has 0 N–H and O–H groups in total. The predicted molar refractivity (Wildman–Crippen MR) is 165 cm³/mol. The summed E-state index contributed by atoms with van der Waals surface area (Å²) < 4.78 is 4.24. The van der Waals surface area contributed by atoms with Crippen molar-refractivity contribution in [3.63, 3.8) is 0 Å². The summed E-state index contributed by atoms with van der Waals surface area (Å²) in [6.07, 6.45) is 4.32. The van der Waals surface area contributed by atoms with Gasteiger partial charge in [-0.25, -0.2) is 9.97 Å². The lowest BCUT2D eigenvalue weighted by Gasteiger charge is -2.30. The molecule has 0 spiro atoms. The molecule has 7 rings (SSSR count). The summed E-state index contributed by atoms with van der Waals surface area (Å²) in [5.41, 5.74) is 4.75. The molecule has 2 aromatic heterocycles. The van der Waals surface area contributed by atoms with Crippen molar-refractivity contribution in [1.82, 2.24) is 24.0 Å². The van der Waals surface area contributed by atoms with Crippen LogP contribution in [0.2, 0.25) is 0 Å². The van der Waals surface area contributed by atoms with Gasteiger partial charge < -0.3 is 4.57 Å². The molecule has 204 valence electrons. The Labute approximate surface area is 239 Å². The first-order valence-corrected chi connectivity index (χ1v) is 14.5. The van der Waals surface area contributed by atoms with E-state index in [1.807, 2.05) is 71.3 Å². The van der Waals surface area contributed by atoms with Crippen LogP contribution in [-0.4, -0.2) is 37.1 Å². The highest BCUT2D eigenvalue weighted by molar-refractivity contribution is 5.80. The third kappa shape index (κ3) is 4.96. The van der Waals surface area contributed by atoms with Crippen LogP contribution >= 0.6 is 0 Å². The number of para-hydroxylation sites is 3. The van der Waals surface area contributed by atoms with E-state index in [0.29, 0.717) is 23.1 Å². The Balaban J connectivity index is 1.50. The number of benzene rings is 4. The first-order valence-electron chi connectivity index (χ1n) is 14.5. The maximum atomic E-state index is 14.5. The summed E-state index contributed by atoms with van der Waals surface area (Å²) in [5, 5.41) is 0.615. The van der Waals surface area contributed by atoms with Gasteiger partial charge in [-0.05, 0) is 55.8 Å². The standard InChI is InChI=1S/C35H33N5O/c41-35-28-18-8-9-19-29(28)36-33(27-16-6-2-7-17-27)40(35)32(24-26-14-4-1-5-15-26)34-37-30-20-10-11-21-31(30)39(34)25-38-22-12-3-13-23-38/h1-2,4-11,14-21,32H,3,12-13,22-25H2. The van der Waals surface area contributed by atoms with Crippen LogP contribution < -0.4 is 5.56 Å². The molecule has 1 aliphatic rings. The van der Waals surface area contributed by atoms with Gasteiger partial charge in [-0.1, -0.05) is 91.3 Å². The molecule has 0 aliphatic carbocycles. The number of hydrogen-bond acceptors (Lipinski definition) is 4. The first-order chi connectivity index (χ1) is 20.3. The Morgan fingerprint density at radius 1 is 0.683 bits per heavy atom. The topological polar surface area (TPSA) is 56.0 Å². The largest absolute Gasteiger partial charge is 0.312 e. The second kappa shape index (κ2) is 11.1. The van der Waals surface area contributed by atoms with E-state index in [4.69, 9.17) is 9.97 Å². The van der Waals surface area contributed by atoms with E-state index in [0.717, 1.165) is 47.7 Å². The zero-order valence-electron chi connectivity index (χ0n) is 23.1. The third-order valence-corrected chi connectivity index (χ3v) is 8.20. The third-order valence-electron chi connectivity index (χ3n) is 8.20. The van der Waals surface area contributed by atoms with E-state index in [-0.39, 0.29) is 11.6 Å². The summed E-state index contributed by atoms with van der Waals surface area (Å²) in [6.45, 7) is 2.89. The van der Waals surface area contributed by atoms with Gasteiger partial charge in [0.15, 0.2) is 0 Å². The monoisotopic (exact) mass is 539 g/mol. The zero-order chi connectivity index (χ0) is 27.6. The van der Waals surface area contributed by atoms with Gasteiger partial charge in [0.05, 0.1) is 28.6 Å². The predicted octanol–water partition coefficient (Wildman–Crippen LogP) is 6.69. The molecule has 6 nitrogen and oxygen atoms in total. The Hall–Kier alpha value is -4.55. The zero-order valence-corrected chi connectivity index (χ0v) is 23.1. The molecular weight excluding hydrogens is 506 g/mol. The van der Waals surface area contributed by atoms with Gasteiger partial charge in [-0.15, -0.1) is 0 Å². The Kier molecular flexibility index (Phi) is 6.91. The normalized spacial score (nSPS) is 14.9. The van der Waals surface area contributed by atoms with Crippen molar-refractivity contribution in [2.75, 3.05) is 13.1 Å². The van der Waals surface area contributed by atoms with E-state index >= 15 is 0 Å². The lowest BCUT2D eigenvalue weighted by Crippen LogP contribution is -2.35. The van der Waals surface area contributed by atoms with E-state index in [1.54, 1.807) is 0 Å². The second-order valence-electron chi connectivity index (χ2n) is 10.9. The summed E-state index contributed by atoms with van der Waals surface area (Å²) >= 11 is 0. The molecule has 3 heterocycles. The highest BCUT2D eigenvalue weighted by Gasteiger charge is 2.28. The number of rotatable bonds is 7. The van der Waals surface area contributed by atoms with Gasteiger partial charge in [0.1, 0.15) is 17.7 Å². The number of imidazole rings is 1. The van der Waals surface area contributed by atoms with Crippen LogP contribution in [0.15, 0.2) is 114 Å². The lowest BCUT2D eigenvalue weighted by atomic mass is 10.0. The van der Waals surface area contributed by atoms with E-state index < -0.39 is 0 Å². The van der Waals surface area contributed by atoms with Crippen LogP contribution in [0.25, 0.3) is 33.3 Å². The number of piperidine rings is 1. The van der Waals surface area contributed by atoms with Crippen molar-refractivity contribution >= 4 is 21.9 Å². The van der Waals surface area contributed by atoms with E-state index in [2.05, 4.69) is 51.9 Å². The fourth-order valence-electron chi connectivity index (χ4n) is 6.16. The summed E-state index contributed by atoms with van der Waals surface area (Å²) in [6, 6.07) is 36.1. The van der Waals surface area contributed by atoms with Gasteiger partial charge in [-0.3, -0.25) is 14.3 Å². The quantitative estimate of drug-likeness (QED) is 0.227. The van der Waals surface area contributed by atoms with Crippen molar-refractivity contribution in [2.24, 2.45) is 0 Å². The maximum Gasteiger partial charge on any atom is 0.262 e. The summed E-state index contributed by atoms with van der Waals surface area (Å²) in [5.74, 6) is 1.55. The minimum Gasteiger partial charge on any atom is -0.312 e. The van der Waals surface area contributed by atoms with Crippen molar-refractivity contribution < 1.29 is 0 Å². The Morgan fingerprint density at radius 2 is 1.34 bits per heavy atom. The molecule has 1 atom stereocenters. The Bertz CT molecular complexity index is 1850. The van der Waals surface area contributed by atoms with Gasteiger partial charge >= 0.3 is 0 Å². The fraction of sp³-hybridized carbons (Fsp3) is 0.229. The van der Waals surface area contributed by atoms with Crippen molar-refractivity contribution in [3.05, 3.63) is 131 Å². The Morgan fingerprint density at radius 3 is 2.12 bits per heavy atom. The molecule has 0 saturated carbocycles. The second-order valence-corrected chi connectivity index (χ2v) is 10.9. The molecule has 0 bridgehead atoms. The van der Waals surface area contributed by atoms with E-state index in [1.165, 1.54) is 19.3 Å².